The van der Waals surface area contributed by atoms with E-state index in [9.17, 15) is 4.79 Å². The van der Waals surface area contributed by atoms with Gasteiger partial charge in [0.05, 0.1) is 12.8 Å². The first kappa shape index (κ1) is 17.7. The number of H-pyrrole nitrogens is 1. The van der Waals surface area contributed by atoms with Gasteiger partial charge in [-0.2, -0.15) is 5.10 Å². The molecule has 0 aliphatic carbocycles. The van der Waals surface area contributed by atoms with Crippen LogP contribution in [-0.4, -0.2) is 29.8 Å². The van der Waals surface area contributed by atoms with Crippen LogP contribution < -0.4 is 14.8 Å². The molecule has 2 heterocycles. The lowest BCUT2D eigenvalue weighted by Crippen LogP contribution is -2.23. The van der Waals surface area contributed by atoms with Crippen molar-refractivity contribution < 1.29 is 14.3 Å². The molecule has 6 heteroatoms. The zero-order chi connectivity index (χ0) is 19.5. The van der Waals surface area contributed by atoms with E-state index in [1.807, 2.05) is 48.5 Å². The van der Waals surface area contributed by atoms with Gasteiger partial charge in [0.25, 0.3) is 0 Å². The van der Waals surface area contributed by atoms with Crippen LogP contribution in [0.5, 0.6) is 11.5 Å². The maximum absolute atomic E-state index is 12.3. The molecule has 4 rings (SSSR count). The number of rotatable bonds is 5. The van der Waals surface area contributed by atoms with Crippen LogP contribution in [0.2, 0.25) is 0 Å². The van der Waals surface area contributed by atoms with Crippen LogP contribution >= 0.6 is 0 Å². The van der Waals surface area contributed by atoms with Crippen molar-refractivity contribution in [1.29, 1.82) is 0 Å². The van der Waals surface area contributed by atoms with Gasteiger partial charge in [-0.25, -0.2) is 0 Å². The largest absolute Gasteiger partial charge is 0.493 e. The van der Waals surface area contributed by atoms with E-state index in [-0.39, 0.29) is 18.4 Å². The topological polar surface area (TPSA) is 76.2 Å². The molecule has 2 N–H and O–H groups in total. The lowest BCUT2D eigenvalue weighted by Gasteiger charge is -2.24. The molecule has 1 amide bonds. The molecule has 1 unspecified atom stereocenters. The standard InChI is InChI=1S/C22H19N3O3/c1-3-11-28-17-10-9-15(12-18(17)27-2)16-13-19(26)23-22-20(16)21(24-25-22)14-7-5-4-6-8-14/h1,4-10,12,16H,11,13H2,2H3,(H2,23,24,25,26). The molecular weight excluding hydrogens is 354 g/mol. The van der Waals surface area contributed by atoms with Crippen LogP contribution in [-0.2, 0) is 4.79 Å². The first-order chi connectivity index (χ1) is 13.7. The second kappa shape index (κ2) is 7.49. The van der Waals surface area contributed by atoms with Crippen molar-refractivity contribution in [2.75, 3.05) is 19.0 Å². The zero-order valence-electron chi connectivity index (χ0n) is 15.4. The molecule has 0 radical (unpaired) electrons. The fourth-order valence-electron chi connectivity index (χ4n) is 3.50. The monoisotopic (exact) mass is 373 g/mol. The highest BCUT2D eigenvalue weighted by Gasteiger charge is 2.32. The summed E-state index contributed by atoms with van der Waals surface area (Å²) in [6.45, 7) is 0.158. The van der Waals surface area contributed by atoms with Gasteiger partial charge in [-0.3, -0.25) is 9.89 Å². The second-order valence-corrected chi connectivity index (χ2v) is 6.43. The summed E-state index contributed by atoms with van der Waals surface area (Å²) in [5, 5.41) is 10.3. The van der Waals surface area contributed by atoms with Crippen LogP contribution in [0.25, 0.3) is 11.3 Å². The van der Waals surface area contributed by atoms with E-state index >= 15 is 0 Å². The normalized spacial score (nSPS) is 15.3. The first-order valence-electron chi connectivity index (χ1n) is 8.89. The van der Waals surface area contributed by atoms with Gasteiger partial charge in [0.15, 0.2) is 17.3 Å². The van der Waals surface area contributed by atoms with E-state index in [2.05, 4.69) is 21.4 Å². The summed E-state index contributed by atoms with van der Waals surface area (Å²) in [5.74, 6) is 3.92. The maximum atomic E-state index is 12.3. The van der Waals surface area contributed by atoms with Crippen molar-refractivity contribution in [2.45, 2.75) is 12.3 Å². The molecule has 1 aliphatic rings. The number of nitrogens with zero attached hydrogens (tertiary/aromatic N) is 1. The average molecular weight is 373 g/mol. The summed E-state index contributed by atoms with van der Waals surface area (Å²) < 4.78 is 11.0. The van der Waals surface area contributed by atoms with Gasteiger partial charge in [0, 0.05) is 17.9 Å². The molecular formula is C22H19N3O3. The third-order valence-electron chi connectivity index (χ3n) is 4.76. The van der Waals surface area contributed by atoms with Gasteiger partial charge in [-0.15, -0.1) is 6.42 Å². The molecule has 2 aromatic carbocycles. The Balaban J connectivity index is 1.79. The fourth-order valence-corrected chi connectivity index (χ4v) is 3.50. The van der Waals surface area contributed by atoms with Crippen molar-refractivity contribution in [3.63, 3.8) is 0 Å². The predicted octanol–water partition coefficient (Wildman–Crippen LogP) is 3.57. The summed E-state index contributed by atoms with van der Waals surface area (Å²) in [6, 6.07) is 15.6. The van der Waals surface area contributed by atoms with Gasteiger partial charge >= 0.3 is 0 Å². The molecule has 1 aliphatic heterocycles. The number of nitrogens with one attached hydrogen (secondary N) is 2. The Morgan fingerprint density at radius 1 is 1.21 bits per heavy atom. The fraction of sp³-hybridized carbons (Fsp3) is 0.182. The number of carbonyl (C=O) groups is 1. The number of anilines is 1. The lowest BCUT2D eigenvalue weighted by molar-refractivity contribution is -0.116. The highest BCUT2D eigenvalue weighted by molar-refractivity contribution is 5.96. The van der Waals surface area contributed by atoms with Crippen molar-refractivity contribution in [3.05, 3.63) is 59.7 Å². The van der Waals surface area contributed by atoms with Gasteiger partial charge in [-0.05, 0) is 23.3 Å². The Labute approximate surface area is 162 Å². The zero-order valence-corrected chi connectivity index (χ0v) is 15.4. The van der Waals surface area contributed by atoms with Crippen LogP contribution in [0.1, 0.15) is 23.5 Å². The minimum absolute atomic E-state index is 0.0739. The summed E-state index contributed by atoms with van der Waals surface area (Å²) in [5.41, 5.74) is 3.82. The molecule has 3 aromatic rings. The van der Waals surface area contributed by atoms with Gasteiger partial charge in [0.1, 0.15) is 6.61 Å². The third kappa shape index (κ3) is 3.19. The smallest absolute Gasteiger partial charge is 0.226 e. The molecule has 0 saturated carbocycles. The number of carbonyl (C=O) groups excluding carboxylic acids is 1. The van der Waals surface area contributed by atoms with Crippen LogP contribution in [0.4, 0.5) is 5.82 Å². The molecule has 1 aromatic heterocycles. The number of hydrogen-bond donors (Lipinski definition) is 2. The molecule has 0 fully saturated rings. The van der Waals surface area contributed by atoms with Gasteiger partial charge < -0.3 is 14.8 Å². The van der Waals surface area contributed by atoms with Crippen molar-refractivity contribution in [2.24, 2.45) is 0 Å². The molecule has 0 saturated heterocycles. The summed E-state index contributed by atoms with van der Waals surface area (Å²) in [6.07, 6.45) is 5.59. The Morgan fingerprint density at radius 2 is 2.04 bits per heavy atom. The number of methoxy groups -OCH3 is 1. The number of ether oxygens (including phenoxy) is 2. The van der Waals surface area contributed by atoms with Crippen LogP contribution in [0.15, 0.2) is 48.5 Å². The van der Waals surface area contributed by atoms with E-state index in [1.165, 1.54) is 0 Å². The molecule has 28 heavy (non-hydrogen) atoms. The van der Waals surface area contributed by atoms with E-state index in [0.717, 1.165) is 22.4 Å². The Morgan fingerprint density at radius 3 is 2.79 bits per heavy atom. The van der Waals surface area contributed by atoms with Crippen LogP contribution in [0, 0.1) is 12.3 Å². The van der Waals surface area contributed by atoms with Gasteiger partial charge in [-0.1, -0.05) is 42.3 Å². The van der Waals surface area contributed by atoms with Crippen LogP contribution in [0.3, 0.4) is 0 Å². The van der Waals surface area contributed by atoms with E-state index in [0.29, 0.717) is 23.7 Å². The van der Waals surface area contributed by atoms with E-state index < -0.39 is 0 Å². The minimum Gasteiger partial charge on any atom is -0.493 e. The van der Waals surface area contributed by atoms with Crippen molar-refractivity contribution >= 4 is 11.7 Å². The third-order valence-corrected chi connectivity index (χ3v) is 4.76. The number of terminal acetylenes is 1. The molecule has 140 valence electrons. The minimum atomic E-state index is -0.159. The highest BCUT2D eigenvalue weighted by Crippen LogP contribution is 2.43. The number of amides is 1. The SMILES string of the molecule is C#CCOc1ccc(C2CC(=O)Nc3n[nH]c(-c4ccccc4)c32)cc1OC. The first-order valence-corrected chi connectivity index (χ1v) is 8.89. The number of aromatic nitrogens is 2. The number of fused-ring (bicyclic) bond motifs is 1. The van der Waals surface area contributed by atoms with E-state index in [4.69, 9.17) is 15.9 Å². The van der Waals surface area contributed by atoms with E-state index in [1.54, 1.807) is 7.11 Å². The quantitative estimate of drug-likeness (QED) is 0.671. The molecule has 6 nitrogen and oxygen atoms in total. The molecule has 0 spiro atoms. The number of benzene rings is 2. The second-order valence-electron chi connectivity index (χ2n) is 6.43. The predicted molar refractivity (Wildman–Crippen MR) is 106 cm³/mol. The average Bonchev–Trinajstić information content (AvgIpc) is 3.16. The molecule has 0 bridgehead atoms. The number of aromatic amines is 1. The van der Waals surface area contributed by atoms with Gasteiger partial charge in [0.2, 0.25) is 5.91 Å². The highest BCUT2D eigenvalue weighted by atomic mass is 16.5. The maximum Gasteiger partial charge on any atom is 0.226 e. The molecule has 1 atom stereocenters. The summed E-state index contributed by atoms with van der Waals surface area (Å²) >= 11 is 0. The lowest BCUT2D eigenvalue weighted by atomic mass is 9.84. The Kier molecular flexibility index (Phi) is 4.73. The number of hydrogen-bond acceptors (Lipinski definition) is 4. The Bertz CT molecular complexity index is 1050. The summed E-state index contributed by atoms with van der Waals surface area (Å²) in [4.78, 5) is 12.3. The van der Waals surface area contributed by atoms with Crippen molar-refractivity contribution in [1.82, 2.24) is 10.2 Å². The Hall–Kier alpha value is -3.72. The van der Waals surface area contributed by atoms with Crippen molar-refractivity contribution in [3.8, 4) is 35.1 Å². The summed E-state index contributed by atoms with van der Waals surface area (Å²) in [7, 11) is 1.58.